The molecule has 2 aromatic heterocycles. The summed E-state index contributed by atoms with van der Waals surface area (Å²) >= 11 is 6.54. The molecular formula is C22H23ClFN3O. The fraction of sp³-hybridized carbons (Fsp3) is 0.409. The quantitative estimate of drug-likeness (QED) is 0.708. The van der Waals surface area contributed by atoms with E-state index in [2.05, 4.69) is 14.5 Å². The Morgan fingerprint density at radius 2 is 2.21 bits per heavy atom. The van der Waals surface area contributed by atoms with Gasteiger partial charge in [-0.1, -0.05) is 17.7 Å². The highest BCUT2D eigenvalue weighted by atomic mass is 35.5. The molecule has 2 aliphatic rings. The summed E-state index contributed by atoms with van der Waals surface area (Å²) in [5, 5.41) is 12.5. The average Bonchev–Trinajstić information content (AvgIpc) is 3.25. The second-order valence-electron chi connectivity index (χ2n) is 8.19. The normalized spacial score (nSPS) is 21.5. The smallest absolute Gasteiger partial charge is 0.125 e. The summed E-state index contributed by atoms with van der Waals surface area (Å²) in [7, 11) is 0. The summed E-state index contributed by atoms with van der Waals surface area (Å²) in [5.74, 6) is -0.313. The van der Waals surface area contributed by atoms with Crippen LogP contribution in [0.25, 0.3) is 10.9 Å². The minimum Gasteiger partial charge on any atom is -0.384 e. The van der Waals surface area contributed by atoms with Crippen molar-refractivity contribution in [2.45, 2.75) is 44.4 Å². The molecule has 0 amide bonds. The Morgan fingerprint density at radius 3 is 3.00 bits per heavy atom. The van der Waals surface area contributed by atoms with E-state index in [0.29, 0.717) is 17.6 Å². The van der Waals surface area contributed by atoms with Crippen molar-refractivity contribution in [2.24, 2.45) is 0 Å². The molecule has 0 bridgehead atoms. The SMILES string of the molecule is CC(O)(Cn1c2c(c3cc(F)cc(Cl)c31)[C@@H]1CCCN1CC2)c1cccnc1. The Kier molecular flexibility index (Phi) is 4.23. The maximum atomic E-state index is 14.3. The lowest BCUT2D eigenvalue weighted by atomic mass is 9.95. The molecular weight excluding hydrogens is 377 g/mol. The molecule has 3 aromatic rings. The first kappa shape index (κ1) is 18.1. The molecule has 1 unspecified atom stereocenters. The summed E-state index contributed by atoms with van der Waals surface area (Å²) in [6, 6.07) is 7.00. The Morgan fingerprint density at radius 1 is 1.36 bits per heavy atom. The maximum absolute atomic E-state index is 14.3. The van der Waals surface area contributed by atoms with Gasteiger partial charge in [0, 0.05) is 48.0 Å². The molecule has 0 spiro atoms. The van der Waals surface area contributed by atoms with E-state index in [1.165, 1.54) is 17.3 Å². The highest BCUT2D eigenvalue weighted by Crippen LogP contribution is 2.45. The van der Waals surface area contributed by atoms with Gasteiger partial charge in [-0.25, -0.2) is 4.39 Å². The first-order chi connectivity index (χ1) is 13.5. The van der Waals surface area contributed by atoms with Crippen molar-refractivity contribution in [3.63, 3.8) is 0 Å². The van der Waals surface area contributed by atoms with E-state index in [1.54, 1.807) is 25.4 Å². The van der Waals surface area contributed by atoms with Crippen molar-refractivity contribution in [2.75, 3.05) is 13.1 Å². The number of hydrogen-bond donors (Lipinski definition) is 1. The standard InChI is InChI=1S/C22H23ClFN3O/c1-22(28,14-4-2-7-25-12-14)13-27-19-6-9-26-8-3-5-18(26)20(19)16-10-15(24)11-17(23)21(16)27/h2,4,7,10-12,18,28H,3,5-6,8-9,13H2,1H3/t18-,22?/m0/s1. The van der Waals surface area contributed by atoms with Crippen LogP contribution in [0.2, 0.25) is 5.02 Å². The zero-order valence-electron chi connectivity index (χ0n) is 15.8. The molecule has 0 saturated carbocycles. The summed E-state index contributed by atoms with van der Waals surface area (Å²) in [4.78, 5) is 6.64. The molecule has 1 N–H and O–H groups in total. The molecule has 6 heteroatoms. The van der Waals surface area contributed by atoms with E-state index in [9.17, 15) is 9.50 Å². The monoisotopic (exact) mass is 399 g/mol. The molecule has 1 fully saturated rings. The predicted octanol–water partition coefficient (Wildman–Crippen LogP) is 4.43. The van der Waals surface area contributed by atoms with Gasteiger partial charge in [0.05, 0.1) is 17.1 Å². The predicted molar refractivity (Wildman–Crippen MR) is 108 cm³/mol. The largest absolute Gasteiger partial charge is 0.384 e. The van der Waals surface area contributed by atoms with Crippen LogP contribution >= 0.6 is 11.6 Å². The lowest BCUT2D eigenvalue weighted by Gasteiger charge is -2.32. The van der Waals surface area contributed by atoms with Crippen molar-refractivity contribution in [1.29, 1.82) is 0 Å². The van der Waals surface area contributed by atoms with Gasteiger partial charge in [-0.05, 0) is 50.1 Å². The van der Waals surface area contributed by atoms with Gasteiger partial charge < -0.3 is 9.67 Å². The van der Waals surface area contributed by atoms with E-state index in [1.807, 2.05) is 12.1 Å². The van der Waals surface area contributed by atoms with Gasteiger partial charge >= 0.3 is 0 Å². The lowest BCUT2D eigenvalue weighted by molar-refractivity contribution is 0.0380. The van der Waals surface area contributed by atoms with Crippen LogP contribution < -0.4 is 0 Å². The van der Waals surface area contributed by atoms with Crippen LogP contribution in [-0.4, -0.2) is 32.6 Å². The van der Waals surface area contributed by atoms with Gasteiger partial charge in [-0.3, -0.25) is 9.88 Å². The Labute approximate surface area is 168 Å². The third-order valence-electron chi connectivity index (χ3n) is 6.31. The van der Waals surface area contributed by atoms with Gasteiger partial charge in [0.25, 0.3) is 0 Å². The number of pyridine rings is 1. The molecule has 28 heavy (non-hydrogen) atoms. The van der Waals surface area contributed by atoms with Crippen LogP contribution in [-0.2, 0) is 18.6 Å². The van der Waals surface area contributed by atoms with Crippen LogP contribution in [0.5, 0.6) is 0 Å². The maximum Gasteiger partial charge on any atom is 0.125 e. The lowest BCUT2D eigenvalue weighted by Crippen LogP contribution is -2.33. The number of aliphatic hydroxyl groups is 1. The molecule has 4 heterocycles. The molecule has 4 nitrogen and oxygen atoms in total. The fourth-order valence-electron chi connectivity index (χ4n) is 5.05. The molecule has 2 atom stereocenters. The summed E-state index contributed by atoms with van der Waals surface area (Å²) in [5.41, 5.74) is 2.84. The minimum atomic E-state index is -1.11. The van der Waals surface area contributed by atoms with Crippen LogP contribution in [0.4, 0.5) is 4.39 Å². The van der Waals surface area contributed by atoms with Crippen LogP contribution in [0.15, 0.2) is 36.7 Å². The Balaban J connectivity index is 1.71. The topological polar surface area (TPSA) is 41.3 Å². The number of benzene rings is 1. The van der Waals surface area contributed by atoms with E-state index >= 15 is 0 Å². The average molecular weight is 400 g/mol. The van der Waals surface area contributed by atoms with E-state index in [4.69, 9.17) is 11.6 Å². The van der Waals surface area contributed by atoms with E-state index in [0.717, 1.165) is 48.8 Å². The summed E-state index contributed by atoms with van der Waals surface area (Å²) in [6.45, 7) is 4.23. The number of aromatic nitrogens is 2. The number of nitrogens with zero attached hydrogens (tertiary/aromatic N) is 3. The third-order valence-corrected chi connectivity index (χ3v) is 6.60. The Bertz CT molecular complexity index is 1050. The van der Waals surface area contributed by atoms with Crippen molar-refractivity contribution >= 4 is 22.5 Å². The van der Waals surface area contributed by atoms with Crippen LogP contribution in [0.3, 0.4) is 0 Å². The van der Waals surface area contributed by atoms with Crippen LogP contribution in [0.1, 0.15) is 42.6 Å². The minimum absolute atomic E-state index is 0.313. The van der Waals surface area contributed by atoms with Gasteiger partial charge in [0.2, 0.25) is 0 Å². The first-order valence-electron chi connectivity index (χ1n) is 9.82. The fourth-order valence-corrected chi connectivity index (χ4v) is 5.36. The highest BCUT2D eigenvalue weighted by Gasteiger charge is 2.37. The van der Waals surface area contributed by atoms with Crippen molar-refractivity contribution in [1.82, 2.24) is 14.5 Å². The van der Waals surface area contributed by atoms with Gasteiger partial charge in [0.1, 0.15) is 11.4 Å². The summed E-state index contributed by atoms with van der Waals surface area (Å²) in [6.07, 6.45) is 6.51. The number of halogens is 2. The van der Waals surface area contributed by atoms with Gasteiger partial charge in [-0.15, -0.1) is 0 Å². The molecule has 0 aliphatic carbocycles. The summed E-state index contributed by atoms with van der Waals surface area (Å²) < 4.78 is 16.4. The molecule has 5 rings (SSSR count). The molecule has 1 saturated heterocycles. The zero-order valence-corrected chi connectivity index (χ0v) is 16.6. The number of hydrogen-bond acceptors (Lipinski definition) is 3. The van der Waals surface area contributed by atoms with Gasteiger partial charge in [0.15, 0.2) is 0 Å². The first-order valence-corrected chi connectivity index (χ1v) is 10.2. The number of rotatable bonds is 3. The van der Waals surface area contributed by atoms with E-state index in [-0.39, 0.29) is 5.82 Å². The second-order valence-corrected chi connectivity index (χ2v) is 8.60. The Hall–Kier alpha value is -1.95. The van der Waals surface area contributed by atoms with E-state index < -0.39 is 5.60 Å². The molecule has 146 valence electrons. The van der Waals surface area contributed by atoms with Gasteiger partial charge in [-0.2, -0.15) is 0 Å². The molecule has 2 aliphatic heterocycles. The molecule has 1 aromatic carbocycles. The second kappa shape index (κ2) is 6.55. The van der Waals surface area contributed by atoms with Crippen molar-refractivity contribution < 1.29 is 9.50 Å². The number of fused-ring (bicyclic) bond motifs is 5. The zero-order chi connectivity index (χ0) is 19.5. The van der Waals surface area contributed by atoms with Crippen molar-refractivity contribution in [3.05, 3.63) is 64.3 Å². The van der Waals surface area contributed by atoms with Crippen molar-refractivity contribution in [3.8, 4) is 0 Å². The molecule has 0 radical (unpaired) electrons. The van der Waals surface area contributed by atoms with Crippen LogP contribution in [0, 0.1) is 5.82 Å². The highest BCUT2D eigenvalue weighted by molar-refractivity contribution is 6.35. The third kappa shape index (κ3) is 2.76.